The fourth-order valence-electron chi connectivity index (χ4n) is 2.37. The Balaban J connectivity index is 1.93. The highest BCUT2D eigenvalue weighted by atomic mass is 32.2. The van der Waals surface area contributed by atoms with E-state index in [1.54, 1.807) is 31.2 Å². The van der Waals surface area contributed by atoms with Gasteiger partial charge in [-0.3, -0.25) is 9.59 Å². The van der Waals surface area contributed by atoms with Crippen molar-refractivity contribution in [2.45, 2.75) is 25.2 Å². The van der Waals surface area contributed by atoms with Crippen LogP contribution in [0.1, 0.15) is 18.9 Å². The van der Waals surface area contributed by atoms with Crippen LogP contribution in [0.4, 0.5) is 0 Å². The molecule has 132 valence electrons. The molecule has 0 aromatic heterocycles. The Labute approximate surface area is 142 Å². The molecular weight excluding hydrogens is 332 g/mol. The Bertz CT molecular complexity index is 692. The van der Waals surface area contributed by atoms with Gasteiger partial charge in [0.05, 0.1) is 4.90 Å². The van der Waals surface area contributed by atoms with E-state index in [-0.39, 0.29) is 50.0 Å². The third-order valence-electron chi connectivity index (χ3n) is 3.90. The van der Waals surface area contributed by atoms with E-state index in [0.29, 0.717) is 0 Å². The minimum absolute atomic E-state index is 0.218. The molecule has 1 saturated heterocycles. The Hall–Kier alpha value is -1.93. The zero-order chi connectivity index (χ0) is 17.7. The highest BCUT2D eigenvalue weighted by Gasteiger charge is 2.30. The van der Waals surface area contributed by atoms with Gasteiger partial charge in [0, 0.05) is 32.6 Å². The van der Waals surface area contributed by atoms with Gasteiger partial charge in [-0.1, -0.05) is 24.6 Å². The molecule has 0 bridgehead atoms. The van der Waals surface area contributed by atoms with Gasteiger partial charge in [0.15, 0.2) is 6.61 Å². The van der Waals surface area contributed by atoms with Crippen molar-refractivity contribution in [3.63, 3.8) is 0 Å². The van der Waals surface area contributed by atoms with Gasteiger partial charge < -0.3 is 9.64 Å². The van der Waals surface area contributed by atoms with Crippen LogP contribution in [0.2, 0.25) is 0 Å². The predicted molar refractivity (Wildman–Crippen MR) is 87.8 cm³/mol. The number of nitrogens with zero attached hydrogens (tertiary/aromatic N) is 2. The molecule has 0 radical (unpaired) electrons. The van der Waals surface area contributed by atoms with Crippen molar-refractivity contribution in [2.24, 2.45) is 0 Å². The number of carbonyl (C=O) groups excluding carboxylic acids is 2. The fourth-order valence-corrected chi connectivity index (χ4v) is 3.79. The summed E-state index contributed by atoms with van der Waals surface area (Å²) in [5.74, 6) is -0.729. The molecular formula is C16H22N2O5S. The Morgan fingerprint density at radius 3 is 2.21 bits per heavy atom. The van der Waals surface area contributed by atoms with E-state index in [2.05, 4.69) is 0 Å². The molecule has 1 aromatic rings. The van der Waals surface area contributed by atoms with Crippen LogP contribution in [0.5, 0.6) is 0 Å². The number of piperazine rings is 1. The predicted octanol–water partition coefficient (Wildman–Crippen LogP) is 0.781. The molecule has 0 atom stereocenters. The molecule has 1 aromatic carbocycles. The fraction of sp³-hybridized carbons (Fsp3) is 0.500. The normalized spacial score (nSPS) is 16.0. The maximum absolute atomic E-state index is 12.6. The monoisotopic (exact) mass is 354 g/mol. The zero-order valence-electron chi connectivity index (χ0n) is 13.9. The lowest BCUT2D eigenvalue weighted by Gasteiger charge is -2.33. The Morgan fingerprint density at radius 2 is 1.67 bits per heavy atom. The Morgan fingerprint density at radius 1 is 1.08 bits per heavy atom. The standard InChI is InChI=1S/C16H22N2O5S/c1-3-16(20)23-12-15(19)17-8-10-18(11-9-17)24(21,22)14-6-4-13(2)5-7-14/h4-7H,3,8-12H2,1-2H3. The number of carbonyl (C=O) groups is 2. The molecule has 24 heavy (non-hydrogen) atoms. The number of rotatable bonds is 5. The van der Waals surface area contributed by atoms with E-state index in [0.717, 1.165) is 5.56 Å². The molecule has 7 nitrogen and oxygen atoms in total. The summed E-state index contributed by atoms with van der Waals surface area (Å²) in [4.78, 5) is 24.8. The first kappa shape index (κ1) is 18.4. The number of aryl methyl sites for hydroxylation is 1. The van der Waals surface area contributed by atoms with Crippen molar-refractivity contribution in [3.8, 4) is 0 Å². The molecule has 1 aliphatic rings. The van der Waals surface area contributed by atoms with Gasteiger partial charge >= 0.3 is 5.97 Å². The lowest BCUT2D eigenvalue weighted by Crippen LogP contribution is -2.51. The largest absolute Gasteiger partial charge is 0.456 e. The summed E-state index contributed by atoms with van der Waals surface area (Å²) in [6.07, 6.45) is 0.218. The van der Waals surface area contributed by atoms with Gasteiger partial charge in [-0.2, -0.15) is 4.31 Å². The van der Waals surface area contributed by atoms with Crippen molar-refractivity contribution in [3.05, 3.63) is 29.8 Å². The third kappa shape index (κ3) is 4.33. The topological polar surface area (TPSA) is 84.0 Å². The number of benzene rings is 1. The zero-order valence-corrected chi connectivity index (χ0v) is 14.7. The lowest BCUT2D eigenvalue weighted by atomic mass is 10.2. The van der Waals surface area contributed by atoms with Crippen LogP contribution in [0.15, 0.2) is 29.2 Å². The average molecular weight is 354 g/mol. The van der Waals surface area contributed by atoms with Crippen molar-refractivity contribution >= 4 is 21.9 Å². The first-order valence-electron chi connectivity index (χ1n) is 7.85. The molecule has 0 N–H and O–H groups in total. The maximum atomic E-state index is 12.6. The van der Waals surface area contributed by atoms with Crippen LogP contribution < -0.4 is 0 Å². The van der Waals surface area contributed by atoms with Crippen LogP contribution in [-0.4, -0.2) is 62.3 Å². The quantitative estimate of drug-likeness (QED) is 0.730. The van der Waals surface area contributed by atoms with Crippen LogP contribution in [-0.2, 0) is 24.3 Å². The third-order valence-corrected chi connectivity index (χ3v) is 5.81. The first-order chi connectivity index (χ1) is 11.3. The van der Waals surface area contributed by atoms with Gasteiger partial charge in [0.25, 0.3) is 5.91 Å². The second-order valence-electron chi connectivity index (χ2n) is 5.61. The average Bonchev–Trinajstić information content (AvgIpc) is 2.59. The van der Waals surface area contributed by atoms with Crippen LogP contribution in [0, 0.1) is 6.92 Å². The van der Waals surface area contributed by atoms with E-state index in [9.17, 15) is 18.0 Å². The van der Waals surface area contributed by atoms with Crippen molar-refractivity contribution in [1.29, 1.82) is 0 Å². The second-order valence-corrected chi connectivity index (χ2v) is 7.55. The SMILES string of the molecule is CCC(=O)OCC(=O)N1CCN(S(=O)(=O)c2ccc(C)cc2)CC1. The summed E-state index contributed by atoms with van der Waals surface area (Å²) < 4.78 is 31.4. The van der Waals surface area contributed by atoms with Crippen LogP contribution in [0.3, 0.4) is 0 Å². The lowest BCUT2D eigenvalue weighted by molar-refractivity contribution is -0.152. The van der Waals surface area contributed by atoms with E-state index in [4.69, 9.17) is 4.74 Å². The highest BCUT2D eigenvalue weighted by Crippen LogP contribution is 2.18. The van der Waals surface area contributed by atoms with Gasteiger partial charge in [-0.25, -0.2) is 8.42 Å². The molecule has 0 aliphatic carbocycles. The van der Waals surface area contributed by atoms with E-state index < -0.39 is 16.0 Å². The summed E-state index contributed by atoms with van der Waals surface area (Å²) in [5.41, 5.74) is 0.992. The smallest absolute Gasteiger partial charge is 0.306 e. The van der Waals surface area contributed by atoms with Crippen molar-refractivity contribution in [1.82, 2.24) is 9.21 Å². The van der Waals surface area contributed by atoms with Crippen molar-refractivity contribution in [2.75, 3.05) is 32.8 Å². The number of esters is 1. The van der Waals surface area contributed by atoms with E-state index in [1.165, 1.54) is 9.21 Å². The summed E-state index contributed by atoms with van der Waals surface area (Å²) in [6, 6.07) is 6.70. The van der Waals surface area contributed by atoms with Crippen LogP contribution >= 0.6 is 0 Å². The van der Waals surface area contributed by atoms with Gasteiger partial charge in [-0.05, 0) is 19.1 Å². The number of sulfonamides is 1. The molecule has 1 fully saturated rings. The van der Waals surface area contributed by atoms with Gasteiger partial charge in [-0.15, -0.1) is 0 Å². The molecule has 0 unspecified atom stereocenters. The number of hydrogen-bond acceptors (Lipinski definition) is 5. The summed E-state index contributed by atoms with van der Waals surface area (Å²) in [7, 11) is -3.55. The van der Waals surface area contributed by atoms with Gasteiger partial charge in [0.2, 0.25) is 10.0 Å². The van der Waals surface area contributed by atoms with Gasteiger partial charge in [0.1, 0.15) is 0 Å². The number of hydrogen-bond donors (Lipinski definition) is 0. The molecule has 0 saturated carbocycles. The number of amides is 1. The minimum Gasteiger partial charge on any atom is -0.456 e. The Kier molecular flexibility index (Phi) is 5.95. The second kappa shape index (κ2) is 7.76. The summed E-state index contributed by atoms with van der Waals surface area (Å²) >= 11 is 0. The minimum atomic E-state index is -3.55. The van der Waals surface area contributed by atoms with E-state index >= 15 is 0 Å². The highest BCUT2D eigenvalue weighted by molar-refractivity contribution is 7.89. The first-order valence-corrected chi connectivity index (χ1v) is 9.29. The van der Waals surface area contributed by atoms with Crippen LogP contribution in [0.25, 0.3) is 0 Å². The molecule has 1 amide bonds. The van der Waals surface area contributed by atoms with E-state index in [1.807, 2.05) is 6.92 Å². The molecule has 2 rings (SSSR count). The molecule has 1 heterocycles. The number of ether oxygens (including phenoxy) is 1. The molecule has 8 heteroatoms. The molecule has 0 spiro atoms. The summed E-state index contributed by atoms with van der Waals surface area (Å²) in [6.45, 7) is 4.28. The maximum Gasteiger partial charge on any atom is 0.306 e. The van der Waals surface area contributed by atoms with Crippen molar-refractivity contribution < 1.29 is 22.7 Å². The summed E-state index contributed by atoms with van der Waals surface area (Å²) in [5, 5.41) is 0. The molecule has 1 aliphatic heterocycles.